The molecule has 0 spiro atoms. The first-order chi connectivity index (χ1) is 8.08. The Kier molecular flexibility index (Phi) is 2.29. The third-order valence-corrected chi connectivity index (χ3v) is 3.90. The molecule has 17 heavy (non-hydrogen) atoms. The molecule has 0 unspecified atom stereocenters. The predicted octanol–water partition coefficient (Wildman–Crippen LogP) is 3.76. The highest BCUT2D eigenvalue weighted by Crippen LogP contribution is 2.32. The number of aryl methyl sites for hydroxylation is 2. The van der Waals surface area contributed by atoms with Crippen molar-refractivity contribution in [3.05, 3.63) is 43.5 Å². The molecule has 0 amide bonds. The van der Waals surface area contributed by atoms with Gasteiger partial charge in [-0.1, -0.05) is 0 Å². The molecule has 0 saturated carbocycles. The van der Waals surface area contributed by atoms with Crippen LogP contribution in [0.3, 0.4) is 0 Å². The van der Waals surface area contributed by atoms with E-state index in [1.165, 1.54) is 6.07 Å². The lowest BCUT2D eigenvalue weighted by Gasteiger charge is -2.03. The van der Waals surface area contributed by atoms with Gasteiger partial charge in [-0.2, -0.15) is 0 Å². The summed E-state index contributed by atoms with van der Waals surface area (Å²) in [7, 11) is 0. The van der Waals surface area contributed by atoms with Gasteiger partial charge in [0.05, 0.1) is 9.83 Å². The van der Waals surface area contributed by atoms with Gasteiger partial charge in [0.25, 0.3) is 0 Å². The fraction of sp³-hybridized carbons (Fsp3) is 0.154. The van der Waals surface area contributed by atoms with Gasteiger partial charge < -0.3 is 8.83 Å². The second-order valence-electron chi connectivity index (χ2n) is 4.11. The standard InChI is InChI=1S/C13H9IO3/c1-6-3-10(15)17-13-8(6)4-9-7(2)5-16-12(9)11(13)14/h3-5H,1-2H3. The third-order valence-electron chi connectivity index (χ3n) is 2.92. The van der Waals surface area contributed by atoms with Crippen LogP contribution in [0.25, 0.3) is 21.9 Å². The van der Waals surface area contributed by atoms with Crippen LogP contribution in [0, 0.1) is 17.4 Å². The maximum absolute atomic E-state index is 11.4. The predicted molar refractivity (Wildman–Crippen MR) is 74.4 cm³/mol. The molecule has 0 radical (unpaired) electrons. The maximum atomic E-state index is 11.4. The van der Waals surface area contributed by atoms with E-state index in [-0.39, 0.29) is 5.63 Å². The molecule has 2 aromatic heterocycles. The van der Waals surface area contributed by atoms with Crippen molar-refractivity contribution in [1.82, 2.24) is 0 Å². The summed E-state index contributed by atoms with van der Waals surface area (Å²) in [4.78, 5) is 11.4. The van der Waals surface area contributed by atoms with E-state index in [1.54, 1.807) is 6.26 Å². The van der Waals surface area contributed by atoms with E-state index in [4.69, 9.17) is 8.83 Å². The molecule has 86 valence electrons. The zero-order valence-corrected chi connectivity index (χ0v) is 11.5. The first-order valence-corrected chi connectivity index (χ1v) is 6.26. The van der Waals surface area contributed by atoms with Crippen molar-refractivity contribution in [2.45, 2.75) is 13.8 Å². The fourth-order valence-electron chi connectivity index (χ4n) is 2.01. The van der Waals surface area contributed by atoms with Gasteiger partial charge in [0.2, 0.25) is 0 Å². The molecule has 3 nitrogen and oxygen atoms in total. The molecule has 0 bridgehead atoms. The highest BCUT2D eigenvalue weighted by Gasteiger charge is 2.14. The number of hydrogen-bond acceptors (Lipinski definition) is 3. The first-order valence-electron chi connectivity index (χ1n) is 5.18. The van der Waals surface area contributed by atoms with Crippen molar-refractivity contribution in [1.29, 1.82) is 0 Å². The van der Waals surface area contributed by atoms with E-state index in [1.807, 2.05) is 19.9 Å². The van der Waals surface area contributed by atoms with Crippen molar-refractivity contribution >= 4 is 44.5 Å². The molecule has 3 aromatic rings. The summed E-state index contributed by atoms with van der Waals surface area (Å²) >= 11 is 2.16. The lowest BCUT2D eigenvalue weighted by Crippen LogP contribution is -1.99. The molecular weight excluding hydrogens is 331 g/mol. The van der Waals surface area contributed by atoms with E-state index < -0.39 is 0 Å². The molecule has 4 heteroatoms. The van der Waals surface area contributed by atoms with Crippen LogP contribution in [0.4, 0.5) is 0 Å². The van der Waals surface area contributed by atoms with E-state index in [0.29, 0.717) is 5.58 Å². The molecule has 0 aliphatic carbocycles. The number of hydrogen-bond donors (Lipinski definition) is 0. The average molecular weight is 340 g/mol. The number of halogens is 1. The topological polar surface area (TPSA) is 43.4 Å². The summed E-state index contributed by atoms with van der Waals surface area (Å²) in [6.45, 7) is 3.92. The normalized spacial score (nSPS) is 11.5. The molecule has 3 rings (SSSR count). The van der Waals surface area contributed by atoms with Crippen LogP contribution in [0.5, 0.6) is 0 Å². The average Bonchev–Trinajstić information content (AvgIpc) is 2.63. The van der Waals surface area contributed by atoms with E-state index in [0.717, 1.165) is 31.1 Å². The van der Waals surface area contributed by atoms with Gasteiger partial charge in [-0.25, -0.2) is 4.79 Å². The Bertz CT molecular complexity index is 796. The van der Waals surface area contributed by atoms with Crippen molar-refractivity contribution in [3.8, 4) is 0 Å². The second-order valence-corrected chi connectivity index (χ2v) is 5.19. The Morgan fingerprint density at radius 3 is 2.53 bits per heavy atom. The smallest absolute Gasteiger partial charge is 0.336 e. The fourth-order valence-corrected chi connectivity index (χ4v) is 2.83. The second kappa shape index (κ2) is 3.60. The Morgan fingerprint density at radius 1 is 1.06 bits per heavy atom. The summed E-state index contributed by atoms with van der Waals surface area (Å²) in [6, 6.07) is 3.53. The van der Waals surface area contributed by atoms with Gasteiger partial charge in [-0.3, -0.25) is 0 Å². The van der Waals surface area contributed by atoms with Crippen LogP contribution < -0.4 is 5.63 Å². The molecular formula is C13H9IO3. The summed E-state index contributed by atoms with van der Waals surface area (Å²) in [5.74, 6) is 0. The van der Waals surface area contributed by atoms with Gasteiger partial charge in [-0.05, 0) is 53.6 Å². The highest BCUT2D eigenvalue weighted by atomic mass is 127. The summed E-state index contributed by atoms with van der Waals surface area (Å²) in [6.07, 6.45) is 1.72. The van der Waals surface area contributed by atoms with E-state index in [2.05, 4.69) is 22.6 Å². The summed E-state index contributed by atoms with van der Waals surface area (Å²) < 4.78 is 11.6. The van der Waals surface area contributed by atoms with E-state index in [9.17, 15) is 4.79 Å². The number of benzene rings is 1. The minimum Gasteiger partial charge on any atom is -0.463 e. The zero-order chi connectivity index (χ0) is 12.2. The first kappa shape index (κ1) is 10.8. The Labute approximate surface area is 111 Å². The van der Waals surface area contributed by atoms with Crippen molar-refractivity contribution < 1.29 is 8.83 Å². The minimum absolute atomic E-state index is 0.324. The summed E-state index contributed by atoms with van der Waals surface area (Å²) in [5.41, 5.74) is 3.08. The largest absolute Gasteiger partial charge is 0.463 e. The van der Waals surface area contributed by atoms with Gasteiger partial charge in [-0.15, -0.1) is 0 Å². The quantitative estimate of drug-likeness (QED) is 0.462. The summed E-state index contributed by atoms with van der Waals surface area (Å²) in [5, 5.41) is 2.03. The molecule has 0 N–H and O–H groups in total. The molecule has 0 fully saturated rings. The lowest BCUT2D eigenvalue weighted by molar-refractivity contribution is 0.555. The van der Waals surface area contributed by atoms with Crippen LogP contribution >= 0.6 is 22.6 Å². The van der Waals surface area contributed by atoms with Crippen LogP contribution in [0.2, 0.25) is 0 Å². The molecule has 1 aromatic carbocycles. The Hall–Kier alpha value is -1.30. The van der Waals surface area contributed by atoms with Crippen LogP contribution in [0.1, 0.15) is 11.1 Å². The van der Waals surface area contributed by atoms with Crippen LogP contribution in [0.15, 0.2) is 32.0 Å². The Balaban J connectivity index is 2.65. The van der Waals surface area contributed by atoms with Gasteiger partial charge in [0, 0.05) is 16.8 Å². The zero-order valence-electron chi connectivity index (χ0n) is 9.33. The van der Waals surface area contributed by atoms with Gasteiger partial charge in [0.1, 0.15) is 0 Å². The Morgan fingerprint density at radius 2 is 1.76 bits per heavy atom. The molecule has 0 atom stereocenters. The number of furan rings is 1. The molecule has 0 aliphatic rings. The van der Waals surface area contributed by atoms with Crippen LogP contribution in [-0.2, 0) is 0 Å². The minimum atomic E-state index is -0.324. The maximum Gasteiger partial charge on any atom is 0.336 e. The highest BCUT2D eigenvalue weighted by molar-refractivity contribution is 14.1. The van der Waals surface area contributed by atoms with Gasteiger partial charge in [0.15, 0.2) is 11.2 Å². The number of fused-ring (bicyclic) bond motifs is 2. The SMILES string of the molecule is Cc1coc2c(I)c3oc(=O)cc(C)c3cc12. The number of rotatable bonds is 0. The third kappa shape index (κ3) is 1.50. The molecule has 2 heterocycles. The van der Waals surface area contributed by atoms with Crippen molar-refractivity contribution in [3.63, 3.8) is 0 Å². The van der Waals surface area contributed by atoms with Crippen LogP contribution in [-0.4, -0.2) is 0 Å². The molecule has 0 saturated heterocycles. The molecule has 0 aliphatic heterocycles. The van der Waals surface area contributed by atoms with Crippen molar-refractivity contribution in [2.24, 2.45) is 0 Å². The van der Waals surface area contributed by atoms with Gasteiger partial charge >= 0.3 is 5.63 Å². The monoisotopic (exact) mass is 340 g/mol. The lowest BCUT2D eigenvalue weighted by atomic mass is 10.1. The van der Waals surface area contributed by atoms with Crippen molar-refractivity contribution in [2.75, 3.05) is 0 Å². The van der Waals surface area contributed by atoms with E-state index >= 15 is 0 Å².